The van der Waals surface area contributed by atoms with Crippen molar-refractivity contribution in [2.75, 3.05) is 26.2 Å². The van der Waals surface area contributed by atoms with Crippen molar-refractivity contribution in [3.8, 4) is 0 Å². The van der Waals surface area contributed by atoms with E-state index in [0.717, 1.165) is 0 Å². The lowest BCUT2D eigenvalue weighted by molar-refractivity contribution is -0.147. The van der Waals surface area contributed by atoms with Crippen LogP contribution in [0.2, 0.25) is 0 Å². The number of carbonyl (C=O) groups excluding carboxylic acids is 2. The average molecular weight is 337 g/mol. The topological polar surface area (TPSA) is 98.7 Å². The summed E-state index contributed by atoms with van der Waals surface area (Å²) < 4.78 is 13.4. The second-order valence-corrected chi connectivity index (χ2v) is 6.01. The van der Waals surface area contributed by atoms with E-state index >= 15 is 0 Å². The predicted octanol–water partition coefficient (Wildman–Crippen LogP) is 1.06. The number of benzene rings is 1. The molecule has 1 heterocycles. The first-order valence-electron chi connectivity index (χ1n) is 7.62. The second kappa shape index (κ2) is 7.29. The monoisotopic (exact) mass is 337 g/mol. The molecule has 7 nitrogen and oxygen atoms in total. The number of amides is 3. The summed E-state index contributed by atoms with van der Waals surface area (Å²) in [5.74, 6) is -2.08. The van der Waals surface area contributed by atoms with Crippen LogP contribution in [0.15, 0.2) is 24.3 Å². The van der Waals surface area contributed by atoms with E-state index < -0.39 is 23.1 Å². The van der Waals surface area contributed by atoms with E-state index in [-0.39, 0.29) is 31.2 Å². The number of carboxylic acid groups (broad SMARTS) is 1. The zero-order valence-electron chi connectivity index (χ0n) is 13.3. The summed E-state index contributed by atoms with van der Waals surface area (Å²) in [7, 11) is 0. The molecule has 2 rings (SSSR count). The maximum atomic E-state index is 13.4. The third-order valence-electron chi connectivity index (χ3n) is 4.08. The fourth-order valence-corrected chi connectivity index (χ4v) is 2.51. The van der Waals surface area contributed by atoms with Crippen LogP contribution in [0, 0.1) is 11.2 Å². The number of hydrogen-bond acceptors (Lipinski definition) is 3. The molecule has 8 heteroatoms. The molecule has 3 amide bonds. The minimum Gasteiger partial charge on any atom is -0.481 e. The van der Waals surface area contributed by atoms with Gasteiger partial charge in [-0.15, -0.1) is 0 Å². The first-order valence-corrected chi connectivity index (χ1v) is 7.62. The fourth-order valence-electron chi connectivity index (χ4n) is 2.51. The molecule has 3 N–H and O–H groups in total. The molecule has 1 aliphatic heterocycles. The molecule has 0 spiro atoms. The van der Waals surface area contributed by atoms with Gasteiger partial charge in [-0.25, -0.2) is 9.18 Å². The molecule has 1 unspecified atom stereocenters. The third-order valence-corrected chi connectivity index (χ3v) is 4.08. The predicted molar refractivity (Wildman–Crippen MR) is 84.1 cm³/mol. The van der Waals surface area contributed by atoms with Crippen LogP contribution < -0.4 is 10.6 Å². The molecule has 1 aliphatic rings. The van der Waals surface area contributed by atoms with Crippen LogP contribution in [0.1, 0.15) is 23.7 Å². The summed E-state index contributed by atoms with van der Waals surface area (Å²) in [6, 6.07) is 5.25. The Kier molecular flexibility index (Phi) is 5.38. The highest BCUT2D eigenvalue weighted by Gasteiger charge is 2.42. The minimum absolute atomic E-state index is 0.0550. The standard InChI is InChI=1S/C16H20FN3O4/c1-16(14(22)23)6-9-20(10-16)15(24)19-8-7-18-13(21)11-4-2-3-5-12(11)17/h2-5H,6-10H2,1H3,(H,18,21)(H,19,24)(H,22,23). The van der Waals surface area contributed by atoms with Gasteiger partial charge in [0, 0.05) is 26.2 Å². The molecule has 1 saturated heterocycles. The van der Waals surface area contributed by atoms with Gasteiger partial charge in [0.2, 0.25) is 0 Å². The van der Waals surface area contributed by atoms with Crippen molar-refractivity contribution in [2.24, 2.45) is 5.41 Å². The number of urea groups is 1. The Labute approximate surface area is 138 Å². The maximum absolute atomic E-state index is 13.4. The molecular weight excluding hydrogens is 317 g/mol. The van der Waals surface area contributed by atoms with Crippen molar-refractivity contribution in [3.05, 3.63) is 35.6 Å². The van der Waals surface area contributed by atoms with Crippen molar-refractivity contribution >= 4 is 17.9 Å². The van der Waals surface area contributed by atoms with E-state index in [1.54, 1.807) is 13.0 Å². The molecule has 0 bridgehead atoms. The van der Waals surface area contributed by atoms with Crippen molar-refractivity contribution in [3.63, 3.8) is 0 Å². The highest BCUT2D eigenvalue weighted by Crippen LogP contribution is 2.29. The van der Waals surface area contributed by atoms with E-state index in [9.17, 15) is 18.8 Å². The number of halogens is 1. The number of nitrogens with one attached hydrogen (secondary N) is 2. The number of carboxylic acids is 1. The van der Waals surface area contributed by atoms with Crippen molar-refractivity contribution < 1.29 is 23.9 Å². The summed E-state index contributed by atoms with van der Waals surface area (Å²) in [5.41, 5.74) is -0.975. The normalized spacial score (nSPS) is 19.8. The Morgan fingerprint density at radius 1 is 1.25 bits per heavy atom. The fraction of sp³-hybridized carbons (Fsp3) is 0.438. The Balaban J connectivity index is 1.73. The van der Waals surface area contributed by atoms with E-state index in [1.807, 2.05) is 0 Å². The molecule has 0 saturated carbocycles. The third kappa shape index (κ3) is 4.01. The first kappa shape index (κ1) is 17.7. The van der Waals surface area contributed by atoms with Crippen LogP contribution in [-0.2, 0) is 4.79 Å². The maximum Gasteiger partial charge on any atom is 0.317 e. The van der Waals surface area contributed by atoms with Crippen LogP contribution >= 0.6 is 0 Å². The number of carbonyl (C=O) groups is 3. The number of rotatable bonds is 5. The summed E-state index contributed by atoms with van der Waals surface area (Å²) in [6.45, 7) is 2.44. The second-order valence-electron chi connectivity index (χ2n) is 6.01. The van der Waals surface area contributed by atoms with Gasteiger partial charge in [-0.3, -0.25) is 9.59 Å². The summed E-state index contributed by atoms with van der Waals surface area (Å²) in [4.78, 5) is 36.4. The zero-order valence-corrected chi connectivity index (χ0v) is 13.3. The molecular formula is C16H20FN3O4. The minimum atomic E-state index is -0.921. The highest BCUT2D eigenvalue weighted by molar-refractivity contribution is 5.94. The quantitative estimate of drug-likeness (QED) is 0.700. The summed E-state index contributed by atoms with van der Waals surface area (Å²) >= 11 is 0. The molecule has 130 valence electrons. The molecule has 1 atom stereocenters. The zero-order chi connectivity index (χ0) is 17.7. The number of aliphatic carboxylic acids is 1. The van der Waals surface area contributed by atoms with Gasteiger partial charge in [0.05, 0.1) is 11.0 Å². The van der Waals surface area contributed by atoms with Gasteiger partial charge < -0.3 is 20.6 Å². The van der Waals surface area contributed by atoms with Gasteiger partial charge in [-0.05, 0) is 25.5 Å². The Morgan fingerprint density at radius 2 is 1.92 bits per heavy atom. The average Bonchev–Trinajstić information content (AvgIpc) is 2.95. The van der Waals surface area contributed by atoms with Gasteiger partial charge in [0.1, 0.15) is 5.82 Å². The van der Waals surface area contributed by atoms with Crippen molar-refractivity contribution in [1.29, 1.82) is 0 Å². The first-order chi connectivity index (χ1) is 11.3. The van der Waals surface area contributed by atoms with Gasteiger partial charge in [-0.1, -0.05) is 12.1 Å². The molecule has 1 aromatic carbocycles. The Bertz CT molecular complexity index is 652. The SMILES string of the molecule is CC1(C(=O)O)CCN(C(=O)NCCNC(=O)c2ccccc2F)C1. The van der Waals surface area contributed by atoms with Crippen LogP contribution in [0.3, 0.4) is 0 Å². The summed E-state index contributed by atoms with van der Waals surface area (Å²) in [5, 5.41) is 14.3. The van der Waals surface area contributed by atoms with Crippen LogP contribution in [-0.4, -0.2) is 54.1 Å². The van der Waals surface area contributed by atoms with Crippen molar-refractivity contribution in [2.45, 2.75) is 13.3 Å². The molecule has 0 aliphatic carbocycles. The molecule has 24 heavy (non-hydrogen) atoms. The van der Waals surface area contributed by atoms with Crippen LogP contribution in [0.4, 0.5) is 9.18 Å². The number of likely N-dealkylation sites (tertiary alicyclic amines) is 1. The van der Waals surface area contributed by atoms with Gasteiger partial charge in [0.15, 0.2) is 0 Å². The molecule has 0 radical (unpaired) electrons. The van der Waals surface area contributed by atoms with E-state index in [4.69, 9.17) is 5.11 Å². The Morgan fingerprint density at radius 3 is 2.54 bits per heavy atom. The van der Waals surface area contributed by atoms with Crippen LogP contribution in [0.5, 0.6) is 0 Å². The molecule has 1 fully saturated rings. The van der Waals surface area contributed by atoms with Gasteiger partial charge >= 0.3 is 12.0 Å². The lowest BCUT2D eigenvalue weighted by Crippen LogP contribution is -2.43. The van der Waals surface area contributed by atoms with Gasteiger partial charge in [0.25, 0.3) is 5.91 Å². The number of hydrogen-bond donors (Lipinski definition) is 3. The van der Waals surface area contributed by atoms with Crippen LogP contribution in [0.25, 0.3) is 0 Å². The molecule has 0 aromatic heterocycles. The highest BCUT2D eigenvalue weighted by atomic mass is 19.1. The summed E-state index contributed by atoms with van der Waals surface area (Å²) in [6.07, 6.45) is 0.403. The molecule has 1 aromatic rings. The lowest BCUT2D eigenvalue weighted by atomic mass is 9.90. The smallest absolute Gasteiger partial charge is 0.317 e. The van der Waals surface area contributed by atoms with E-state index in [1.165, 1.54) is 23.1 Å². The van der Waals surface area contributed by atoms with E-state index in [0.29, 0.717) is 13.0 Å². The van der Waals surface area contributed by atoms with Gasteiger partial charge in [-0.2, -0.15) is 0 Å². The van der Waals surface area contributed by atoms with Crippen molar-refractivity contribution in [1.82, 2.24) is 15.5 Å². The lowest BCUT2D eigenvalue weighted by Gasteiger charge is -2.20. The van der Waals surface area contributed by atoms with E-state index in [2.05, 4.69) is 10.6 Å². The largest absolute Gasteiger partial charge is 0.481 e. The number of nitrogens with zero attached hydrogens (tertiary/aromatic N) is 1. The Hall–Kier alpha value is -2.64.